The smallest absolute Gasteiger partial charge is 0.293 e. The normalized spacial score (nSPS) is 10.3. The molecule has 0 bridgehead atoms. The van der Waals surface area contributed by atoms with Crippen molar-refractivity contribution in [3.05, 3.63) is 52.4 Å². The highest BCUT2D eigenvalue weighted by atomic mass is 16.5. The van der Waals surface area contributed by atoms with Gasteiger partial charge >= 0.3 is 0 Å². The molecule has 0 spiro atoms. The molecule has 24 heavy (non-hydrogen) atoms. The Bertz CT molecular complexity index is 766. The van der Waals surface area contributed by atoms with Crippen molar-refractivity contribution in [3.8, 4) is 17.2 Å². The fourth-order valence-electron chi connectivity index (χ4n) is 2.23. The highest BCUT2D eigenvalue weighted by Gasteiger charge is 2.15. The first-order chi connectivity index (χ1) is 11.6. The molecule has 6 nitrogen and oxygen atoms in total. The Kier molecular flexibility index (Phi) is 6.01. The molecule has 0 radical (unpaired) electrons. The highest BCUT2D eigenvalue weighted by molar-refractivity contribution is 5.98. The molecule has 1 aromatic carbocycles. The van der Waals surface area contributed by atoms with E-state index in [4.69, 9.17) is 14.2 Å². The van der Waals surface area contributed by atoms with Crippen molar-refractivity contribution < 1.29 is 19.0 Å². The zero-order chi connectivity index (χ0) is 17.5. The second-order valence-corrected chi connectivity index (χ2v) is 5.14. The molecule has 0 saturated heterocycles. The predicted octanol–water partition coefficient (Wildman–Crippen LogP) is 2.54. The van der Waals surface area contributed by atoms with Crippen LogP contribution in [0.3, 0.4) is 0 Å². The first-order valence-corrected chi connectivity index (χ1v) is 7.68. The standard InChI is InChI=1S/C18H21NO5/c1-4-10-24-16-6-5-9-19(18(16)21)12-15(20)14-8-7-13(22-2)11-17(14)23-3/h5-9,11H,4,10,12H2,1-3H3. The van der Waals surface area contributed by atoms with Crippen molar-refractivity contribution in [1.29, 1.82) is 0 Å². The van der Waals surface area contributed by atoms with E-state index in [2.05, 4.69) is 0 Å². The van der Waals surface area contributed by atoms with Gasteiger partial charge in [-0.25, -0.2) is 0 Å². The van der Waals surface area contributed by atoms with E-state index in [-0.39, 0.29) is 23.6 Å². The van der Waals surface area contributed by atoms with E-state index in [1.165, 1.54) is 18.8 Å². The quantitative estimate of drug-likeness (QED) is 0.696. The zero-order valence-corrected chi connectivity index (χ0v) is 14.1. The molecule has 0 aliphatic heterocycles. The van der Waals surface area contributed by atoms with Crippen LogP contribution in [0.5, 0.6) is 17.2 Å². The third-order valence-electron chi connectivity index (χ3n) is 3.47. The Balaban J connectivity index is 2.26. The second-order valence-electron chi connectivity index (χ2n) is 5.14. The van der Waals surface area contributed by atoms with E-state index in [0.717, 1.165) is 6.42 Å². The van der Waals surface area contributed by atoms with Crippen molar-refractivity contribution in [2.24, 2.45) is 0 Å². The summed E-state index contributed by atoms with van der Waals surface area (Å²) in [6.45, 7) is 2.32. The number of methoxy groups -OCH3 is 2. The minimum absolute atomic E-state index is 0.0924. The molecule has 6 heteroatoms. The number of ketones is 1. The van der Waals surface area contributed by atoms with Gasteiger partial charge in [-0.05, 0) is 30.7 Å². The maximum Gasteiger partial charge on any atom is 0.293 e. The number of pyridine rings is 1. The number of benzene rings is 1. The van der Waals surface area contributed by atoms with Gasteiger partial charge in [-0.3, -0.25) is 9.59 Å². The van der Waals surface area contributed by atoms with Crippen LogP contribution in [0.15, 0.2) is 41.3 Å². The lowest BCUT2D eigenvalue weighted by atomic mass is 10.1. The molecule has 1 heterocycles. The lowest BCUT2D eigenvalue weighted by Gasteiger charge is -2.11. The maximum atomic E-state index is 12.5. The van der Waals surface area contributed by atoms with Gasteiger partial charge in [0, 0.05) is 12.3 Å². The Morgan fingerprint density at radius 3 is 2.58 bits per heavy atom. The van der Waals surface area contributed by atoms with Gasteiger partial charge in [-0.1, -0.05) is 6.92 Å². The zero-order valence-electron chi connectivity index (χ0n) is 14.1. The summed E-state index contributed by atoms with van der Waals surface area (Å²) in [6, 6.07) is 8.23. The van der Waals surface area contributed by atoms with Crippen LogP contribution in [0.2, 0.25) is 0 Å². The molecule has 0 saturated carbocycles. The molecule has 0 unspecified atom stereocenters. The molecular weight excluding hydrogens is 310 g/mol. The molecule has 0 aliphatic rings. The van der Waals surface area contributed by atoms with Gasteiger partial charge in [0.2, 0.25) is 0 Å². The molecule has 2 aromatic rings. The summed E-state index contributed by atoms with van der Waals surface area (Å²) in [5, 5.41) is 0. The molecular formula is C18H21NO5. The molecule has 2 rings (SSSR count). The third-order valence-corrected chi connectivity index (χ3v) is 3.47. The Morgan fingerprint density at radius 2 is 1.92 bits per heavy atom. The van der Waals surface area contributed by atoms with Gasteiger partial charge in [0.25, 0.3) is 5.56 Å². The summed E-state index contributed by atoms with van der Waals surface area (Å²) in [6.07, 6.45) is 2.37. The van der Waals surface area contributed by atoms with Gasteiger partial charge in [-0.15, -0.1) is 0 Å². The Labute approximate surface area is 140 Å². The summed E-state index contributed by atoms with van der Waals surface area (Å²) >= 11 is 0. The van der Waals surface area contributed by atoms with Crippen LogP contribution in [-0.4, -0.2) is 31.2 Å². The minimum atomic E-state index is -0.327. The number of ether oxygens (including phenoxy) is 3. The van der Waals surface area contributed by atoms with Crippen molar-refractivity contribution in [1.82, 2.24) is 4.57 Å². The number of nitrogens with zero attached hydrogens (tertiary/aromatic N) is 1. The van der Waals surface area contributed by atoms with E-state index < -0.39 is 0 Å². The van der Waals surface area contributed by atoms with Gasteiger partial charge in [-0.2, -0.15) is 0 Å². The lowest BCUT2D eigenvalue weighted by Crippen LogP contribution is -2.25. The number of hydrogen-bond donors (Lipinski definition) is 0. The first-order valence-electron chi connectivity index (χ1n) is 7.68. The van der Waals surface area contributed by atoms with Gasteiger partial charge in [0.1, 0.15) is 11.5 Å². The van der Waals surface area contributed by atoms with Gasteiger partial charge < -0.3 is 18.8 Å². The third kappa shape index (κ3) is 3.95. The largest absolute Gasteiger partial charge is 0.497 e. The molecule has 1 aromatic heterocycles. The van der Waals surface area contributed by atoms with Crippen LogP contribution in [0.25, 0.3) is 0 Å². The minimum Gasteiger partial charge on any atom is -0.497 e. The second kappa shape index (κ2) is 8.19. The fourth-order valence-corrected chi connectivity index (χ4v) is 2.23. The van der Waals surface area contributed by atoms with E-state index >= 15 is 0 Å². The number of carbonyl (C=O) groups is 1. The molecule has 0 N–H and O–H groups in total. The molecule has 0 aliphatic carbocycles. The molecule has 0 fully saturated rings. The number of aromatic nitrogens is 1. The number of carbonyl (C=O) groups excluding carboxylic acids is 1. The summed E-state index contributed by atoms with van der Waals surface area (Å²) in [7, 11) is 3.02. The molecule has 128 valence electrons. The average Bonchev–Trinajstić information content (AvgIpc) is 2.61. The number of rotatable bonds is 8. The van der Waals surface area contributed by atoms with Crippen molar-refractivity contribution in [3.63, 3.8) is 0 Å². The highest BCUT2D eigenvalue weighted by Crippen LogP contribution is 2.25. The van der Waals surface area contributed by atoms with Gasteiger partial charge in [0.15, 0.2) is 11.5 Å². The van der Waals surface area contributed by atoms with Crippen LogP contribution < -0.4 is 19.8 Å². The van der Waals surface area contributed by atoms with Crippen molar-refractivity contribution >= 4 is 5.78 Å². The molecule has 0 amide bonds. The summed E-state index contributed by atoms with van der Waals surface area (Å²) in [5.41, 5.74) is 0.0665. The summed E-state index contributed by atoms with van der Waals surface area (Å²) in [5.74, 6) is 1.01. The summed E-state index contributed by atoms with van der Waals surface area (Å²) in [4.78, 5) is 24.9. The lowest BCUT2D eigenvalue weighted by molar-refractivity contribution is 0.0967. The number of Topliss-reactive ketones (excluding diaryl/α,β-unsaturated/α-hetero) is 1. The van der Waals surface area contributed by atoms with Crippen molar-refractivity contribution in [2.45, 2.75) is 19.9 Å². The topological polar surface area (TPSA) is 66.8 Å². The van der Waals surface area contributed by atoms with Crippen LogP contribution in [0, 0.1) is 0 Å². The monoisotopic (exact) mass is 331 g/mol. The van der Waals surface area contributed by atoms with Crippen LogP contribution >= 0.6 is 0 Å². The first kappa shape index (κ1) is 17.6. The van der Waals surface area contributed by atoms with E-state index in [1.54, 1.807) is 36.5 Å². The predicted molar refractivity (Wildman–Crippen MR) is 90.4 cm³/mol. The fraction of sp³-hybridized carbons (Fsp3) is 0.333. The van der Waals surface area contributed by atoms with Crippen LogP contribution in [0.1, 0.15) is 23.7 Å². The van der Waals surface area contributed by atoms with Crippen LogP contribution in [-0.2, 0) is 6.54 Å². The van der Waals surface area contributed by atoms with Crippen molar-refractivity contribution in [2.75, 3.05) is 20.8 Å². The Morgan fingerprint density at radius 1 is 1.12 bits per heavy atom. The summed E-state index contributed by atoms with van der Waals surface area (Å²) < 4.78 is 17.1. The SMILES string of the molecule is CCCOc1cccn(CC(=O)c2ccc(OC)cc2OC)c1=O. The van der Waals surface area contributed by atoms with Crippen LogP contribution in [0.4, 0.5) is 0 Å². The van der Waals surface area contributed by atoms with E-state index in [0.29, 0.717) is 23.7 Å². The van der Waals surface area contributed by atoms with E-state index in [9.17, 15) is 9.59 Å². The van der Waals surface area contributed by atoms with E-state index in [1.807, 2.05) is 6.92 Å². The molecule has 0 atom stereocenters. The maximum absolute atomic E-state index is 12.5. The Hall–Kier alpha value is -2.76. The van der Waals surface area contributed by atoms with Gasteiger partial charge in [0.05, 0.1) is 32.9 Å². The average molecular weight is 331 g/mol. The number of hydrogen-bond acceptors (Lipinski definition) is 5.